The van der Waals surface area contributed by atoms with Gasteiger partial charge >= 0.3 is 6.03 Å². The summed E-state index contributed by atoms with van der Waals surface area (Å²) >= 11 is 0. The van der Waals surface area contributed by atoms with Gasteiger partial charge in [0.1, 0.15) is 0 Å². The van der Waals surface area contributed by atoms with Crippen molar-refractivity contribution in [2.24, 2.45) is 10.8 Å². The Labute approximate surface area is 70.1 Å². The molecule has 62 valence electrons. The van der Waals surface area contributed by atoms with Crippen LogP contribution in [0.15, 0.2) is 35.4 Å². The van der Waals surface area contributed by atoms with Gasteiger partial charge in [0.15, 0.2) is 0 Å². The fraction of sp³-hybridized carbons (Fsp3) is 0. The van der Waals surface area contributed by atoms with Gasteiger partial charge in [0.25, 0.3) is 0 Å². The van der Waals surface area contributed by atoms with E-state index in [0.717, 1.165) is 5.56 Å². The molecule has 0 aliphatic rings. The molecule has 0 saturated heterocycles. The second-order valence-electron chi connectivity index (χ2n) is 2.14. The molecule has 12 heavy (non-hydrogen) atoms. The van der Waals surface area contributed by atoms with Gasteiger partial charge in [-0.25, -0.2) is 10.2 Å². The molecule has 1 aromatic rings. The van der Waals surface area contributed by atoms with Crippen LogP contribution >= 0.6 is 0 Å². The Bertz CT molecular complexity index is 282. The molecule has 0 spiro atoms. The molecular weight excluding hydrogens is 154 g/mol. The lowest BCUT2D eigenvalue weighted by Gasteiger charge is -1.91. The Morgan fingerprint density at radius 2 is 2.08 bits per heavy atom. The highest BCUT2D eigenvalue weighted by atomic mass is 16.2. The molecule has 1 aromatic carbocycles. The molecule has 0 atom stereocenters. The lowest BCUT2D eigenvalue weighted by atomic mass is 10.2. The zero-order chi connectivity index (χ0) is 8.81. The van der Waals surface area contributed by atoms with Crippen LogP contribution in [-0.2, 0) is 0 Å². The SMILES string of the molecule is NC(=O)N/N=C/c1ccccc1. The lowest BCUT2D eigenvalue weighted by molar-refractivity contribution is 0.249. The topological polar surface area (TPSA) is 67.5 Å². The van der Waals surface area contributed by atoms with Gasteiger partial charge in [-0.2, -0.15) is 5.10 Å². The van der Waals surface area contributed by atoms with Gasteiger partial charge in [0.2, 0.25) is 0 Å². The normalized spacial score (nSPS) is 10.0. The first-order chi connectivity index (χ1) is 5.79. The van der Waals surface area contributed by atoms with E-state index in [2.05, 4.69) is 10.5 Å². The number of nitrogens with two attached hydrogens (primary N) is 1. The van der Waals surface area contributed by atoms with Crippen molar-refractivity contribution in [2.75, 3.05) is 0 Å². The van der Waals surface area contributed by atoms with Gasteiger partial charge in [0, 0.05) is 0 Å². The number of amides is 2. The summed E-state index contributed by atoms with van der Waals surface area (Å²) in [5.41, 5.74) is 7.80. The van der Waals surface area contributed by atoms with Crippen LogP contribution in [0.2, 0.25) is 0 Å². The number of nitrogens with one attached hydrogen (secondary N) is 1. The van der Waals surface area contributed by atoms with Crippen LogP contribution in [0.1, 0.15) is 5.56 Å². The van der Waals surface area contributed by atoms with Crippen LogP contribution in [0.5, 0.6) is 0 Å². The summed E-state index contributed by atoms with van der Waals surface area (Å²) in [5.74, 6) is 0. The molecular formula is C8H9N3O. The van der Waals surface area contributed by atoms with Crippen LogP contribution in [-0.4, -0.2) is 12.2 Å². The average molecular weight is 163 g/mol. The number of primary amides is 1. The minimum atomic E-state index is -0.665. The van der Waals surface area contributed by atoms with E-state index in [4.69, 9.17) is 5.73 Å². The smallest absolute Gasteiger partial charge is 0.332 e. The lowest BCUT2D eigenvalue weighted by Crippen LogP contribution is -2.24. The van der Waals surface area contributed by atoms with E-state index in [1.165, 1.54) is 6.21 Å². The third kappa shape index (κ3) is 2.83. The van der Waals surface area contributed by atoms with E-state index >= 15 is 0 Å². The maximum atomic E-state index is 10.2. The monoisotopic (exact) mass is 163 g/mol. The summed E-state index contributed by atoms with van der Waals surface area (Å²) < 4.78 is 0. The minimum absolute atomic E-state index is 0.665. The average Bonchev–Trinajstić information content (AvgIpc) is 2.05. The van der Waals surface area contributed by atoms with Crippen molar-refractivity contribution in [3.8, 4) is 0 Å². The van der Waals surface area contributed by atoms with Crippen molar-refractivity contribution in [2.45, 2.75) is 0 Å². The molecule has 0 aromatic heterocycles. The van der Waals surface area contributed by atoms with Crippen molar-refractivity contribution >= 4 is 12.2 Å². The van der Waals surface area contributed by atoms with Crippen molar-refractivity contribution in [3.05, 3.63) is 35.9 Å². The summed E-state index contributed by atoms with van der Waals surface area (Å²) in [5, 5.41) is 3.59. The van der Waals surface area contributed by atoms with Gasteiger partial charge in [-0.05, 0) is 5.56 Å². The fourth-order valence-electron chi connectivity index (χ4n) is 0.710. The quantitative estimate of drug-likeness (QED) is 0.488. The Balaban J connectivity index is 2.52. The number of hydrogen-bond acceptors (Lipinski definition) is 2. The number of nitrogens with zero attached hydrogens (tertiary/aromatic N) is 1. The number of carbonyl (C=O) groups is 1. The molecule has 0 aliphatic heterocycles. The molecule has 0 bridgehead atoms. The predicted molar refractivity (Wildman–Crippen MR) is 46.8 cm³/mol. The molecule has 0 radical (unpaired) electrons. The summed E-state index contributed by atoms with van der Waals surface area (Å²) in [6.45, 7) is 0. The molecule has 1 rings (SSSR count). The number of hydrogen-bond donors (Lipinski definition) is 2. The van der Waals surface area contributed by atoms with Crippen LogP contribution < -0.4 is 11.2 Å². The largest absolute Gasteiger partial charge is 0.350 e. The molecule has 0 saturated carbocycles. The third-order valence-corrected chi connectivity index (χ3v) is 1.19. The Morgan fingerprint density at radius 3 is 2.67 bits per heavy atom. The molecule has 2 amide bonds. The van der Waals surface area contributed by atoms with Gasteiger partial charge in [-0.3, -0.25) is 0 Å². The number of hydrazone groups is 1. The molecule has 3 N–H and O–H groups in total. The van der Waals surface area contributed by atoms with E-state index in [1.807, 2.05) is 30.3 Å². The fourth-order valence-corrected chi connectivity index (χ4v) is 0.710. The second-order valence-corrected chi connectivity index (χ2v) is 2.14. The molecule has 4 nitrogen and oxygen atoms in total. The summed E-state index contributed by atoms with van der Waals surface area (Å²) in [6, 6.07) is 8.73. The highest BCUT2D eigenvalue weighted by molar-refractivity contribution is 5.81. The van der Waals surface area contributed by atoms with E-state index in [9.17, 15) is 4.79 Å². The molecule has 0 unspecified atom stereocenters. The maximum absolute atomic E-state index is 10.2. The molecule has 0 aliphatic carbocycles. The predicted octanol–water partition coefficient (Wildman–Crippen LogP) is 0.689. The number of urea groups is 1. The number of carbonyl (C=O) groups excluding carboxylic acids is 1. The van der Waals surface area contributed by atoms with Gasteiger partial charge in [-0.15, -0.1) is 0 Å². The van der Waals surface area contributed by atoms with Crippen molar-refractivity contribution in [3.63, 3.8) is 0 Å². The highest BCUT2D eigenvalue weighted by Crippen LogP contribution is 1.92. The van der Waals surface area contributed by atoms with E-state index < -0.39 is 6.03 Å². The summed E-state index contributed by atoms with van der Waals surface area (Å²) in [6.07, 6.45) is 1.52. The van der Waals surface area contributed by atoms with E-state index in [0.29, 0.717) is 0 Å². The van der Waals surface area contributed by atoms with E-state index in [1.54, 1.807) is 0 Å². The highest BCUT2D eigenvalue weighted by Gasteiger charge is 1.85. The molecule has 4 heteroatoms. The number of rotatable bonds is 2. The van der Waals surface area contributed by atoms with Gasteiger partial charge in [0.05, 0.1) is 6.21 Å². The van der Waals surface area contributed by atoms with Crippen molar-refractivity contribution in [1.29, 1.82) is 0 Å². The van der Waals surface area contributed by atoms with Crippen molar-refractivity contribution < 1.29 is 4.79 Å². The summed E-state index contributed by atoms with van der Waals surface area (Å²) in [7, 11) is 0. The zero-order valence-electron chi connectivity index (χ0n) is 6.40. The molecule has 0 fully saturated rings. The van der Waals surface area contributed by atoms with Gasteiger partial charge in [-0.1, -0.05) is 30.3 Å². The Hall–Kier alpha value is -1.84. The Morgan fingerprint density at radius 1 is 1.42 bits per heavy atom. The van der Waals surface area contributed by atoms with Crippen LogP contribution in [0.25, 0.3) is 0 Å². The van der Waals surface area contributed by atoms with E-state index in [-0.39, 0.29) is 0 Å². The van der Waals surface area contributed by atoms with Crippen LogP contribution in [0.3, 0.4) is 0 Å². The third-order valence-electron chi connectivity index (χ3n) is 1.19. The number of benzene rings is 1. The first-order valence-corrected chi connectivity index (χ1v) is 3.42. The zero-order valence-corrected chi connectivity index (χ0v) is 6.40. The first-order valence-electron chi connectivity index (χ1n) is 3.42. The van der Waals surface area contributed by atoms with Crippen molar-refractivity contribution in [1.82, 2.24) is 5.43 Å². The van der Waals surface area contributed by atoms with Crippen LogP contribution in [0.4, 0.5) is 4.79 Å². The summed E-state index contributed by atoms with van der Waals surface area (Å²) in [4.78, 5) is 10.2. The van der Waals surface area contributed by atoms with Crippen LogP contribution in [0, 0.1) is 0 Å². The maximum Gasteiger partial charge on any atom is 0.332 e. The second kappa shape index (κ2) is 4.12. The first kappa shape index (κ1) is 8.26. The standard InChI is InChI=1S/C8H9N3O/c9-8(12)11-10-6-7-4-2-1-3-5-7/h1-6H,(H3,9,11,12)/b10-6+. The Kier molecular flexibility index (Phi) is 2.84. The minimum Gasteiger partial charge on any atom is -0.350 e. The van der Waals surface area contributed by atoms with Gasteiger partial charge < -0.3 is 5.73 Å². The molecule has 0 heterocycles.